The number of rotatable bonds is 4. The molecule has 2 aromatic rings. The van der Waals surface area contributed by atoms with Gasteiger partial charge in [-0.15, -0.1) is 0 Å². The molecule has 0 heterocycles. The van der Waals surface area contributed by atoms with Crippen molar-refractivity contribution in [3.63, 3.8) is 0 Å². The molecule has 5 nitrogen and oxygen atoms in total. The number of anilines is 1. The number of benzene rings is 2. The highest BCUT2D eigenvalue weighted by Crippen LogP contribution is 2.25. The molecule has 0 radical (unpaired) electrons. The van der Waals surface area contributed by atoms with Gasteiger partial charge in [-0.1, -0.05) is 24.3 Å². The monoisotopic (exact) mass is 348 g/mol. The lowest BCUT2D eigenvalue weighted by atomic mass is 10.1. The fraction of sp³-hybridized carbons (Fsp3) is 0.133. The summed E-state index contributed by atoms with van der Waals surface area (Å²) in [7, 11) is 0. The summed E-state index contributed by atoms with van der Waals surface area (Å²) in [6, 6.07) is 11.6. The number of non-ortho nitro benzene ring substituents is 1. The van der Waals surface area contributed by atoms with Gasteiger partial charge in [0.05, 0.1) is 17.0 Å². The molecule has 2 rings (SSSR count). The molecule has 0 fully saturated rings. The normalized spacial score (nSPS) is 10.2. The Morgan fingerprint density at radius 2 is 2.00 bits per heavy atom. The molecule has 0 saturated carbocycles. The predicted octanol–water partition coefficient (Wildman–Crippen LogP) is 3.85. The summed E-state index contributed by atoms with van der Waals surface area (Å²) >= 11 is 3.42. The number of halogens is 1. The van der Waals surface area contributed by atoms with E-state index in [-0.39, 0.29) is 18.0 Å². The van der Waals surface area contributed by atoms with E-state index in [1.54, 1.807) is 18.2 Å². The van der Waals surface area contributed by atoms with Crippen molar-refractivity contribution >= 4 is 33.2 Å². The van der Waals surface area contributed by atoms with E-state index >= 15 is 0 Å². The van der Waals surface area contributed by atoms with Crippen LogP contribution < -0.4 is 5.32 Å². The highest BCUT2D eigenvalue weighted by atomic mass is 79.9. The van der Waals surface area contributed by atoms with E-state index in [0.717, 1.165) is 10.0 Å². The highest BCUT2D eigenvalue weighted by molar-refractivity contribution is 9.10. The molecule has 0 aliphatic carbocycles. The largest absolute Gasteiger partial charge is 0.325 e. The van der Waals surface area contributed by atoms with Gasteiger partial charge in [-0.25, -0.2) is 0 Å². The SMILES string of the molecule is Cc1cccc(NC(=O)Cc2cccc([N+](=O)[O-])c2)c1Br. The summed E-state index contributed by atoms with van der Waals surface area (Å²) in [5.41, 5.74) is 2.29. The summed E-state index contributed by atoms with van der Waals surface area (Å²) < 4.78 is 0.831. The lowest BCUT2D eigenvalue weighted by molar-refractivity contribution is -0.384. The molecule has 2 aromatic carbocycles. The number of carbonyl (C=O) groups excluding carboxylic acids is 1. The van der Waals surface area contributed by atoms with Crippen molar-refractivity contribution in [3.8, 4) is 0 Å². The summed E-state index contributed by atoms with van der Waals surface area (Å²) in [5.74, 6) is -0.221. The quantitative estimate of drug-likeness (QED) is 0.673. The van der Waals surface area contributed by atoms with E-state index in [2.05, 4.69) is 21.2 Å². The average molecular weight is 349 g/mol. The zero-order chi connectivity index (χ0) is 15.4. The van der Waals surface area contributed by atoms with Crippen LogP contribution in [-0.4, -0.2) is 10.8 Å². The molecule has 0 atom stereocenters. The standard InChI is InChI=1S/C15H13BrN2O3/c1-10-4-2-7-13(15(10)16)17-14(19)9-11-5-3-6-12(8-11)18(20)21/h2-8H,9H2,1H3,(H,17,19). The van der Waals surface area contributed by atoms with Crippen LogP contribution in [0.25, 0.3) is 0 Å². The van der Waals surface area contributed by atoms with Gasteiger partial charge >= 0.3 is 0 Å². The number of amides is 1. The van der Waals surface area contributed by atoms with Gasteiger partial charge in [0.1, 0.15) is 0 Å². The maximum Gasteiger partial charge on any atom is 0.269 e. The van der Waals surface area contributed by atoms with Crippen LogP contribution in [0.2, 0.25) is 0 Å². The van der Waals surface area contributed by atoms with Gasteiger partial charge in [-0.2, -0.15) is 0 Å². The minimum Gasteiger partial charge on any atom is -0.325 e. The molecule has 0 unspecified atom stereocenters. The molecule has 0 aliphatic heterocycles. The van der Waals surface area contributed by atoms with Gasteiger partial charge in [0, 0.05) is 16.6 Å². The number of aryl methyl sites for hydroxylation is 1. The lowest BCUT2D eigenvalue weighted by Crippen LogP contribution is -2.15. The van der Waals surface area contributed by atoms with Crippen LogP contribution >= 0.6 is 15.9 Å². The van der Waals surface area contributed by atoms with Crippen LogP contribution in [0, 0.1) is 17.0 Å². The maximum absolute atomic E-state index is 12.0. The van der Waals surface area contributed by atoms with Crippen molar-refractivity contribution < 1.29 is 9.72 Å². The van der Waals surface area contributed by atoms with Crippen LogP contribution in [0.3, 0.4) is 0 Å². The zero-order valence-electron chi connectivity index (χ0n) is 11.3. The van der Waals surface area contributed by atoms with Crippen molar-refractivity contribution in [1.82, 2.24) is 0 Å². The molecule has 6 heteroatoms. The topological polar surface area (TPSA) is 72.2 Å². The van der Waals surface area contributed by atoms with Crippen LogP contribution in [-0.2, 0) is 11.2 Å². The minimum atomic E-state index is -0.474. The first-order chi connectivity index (χ1) is 9.97. The molecule has 1 N–H and O–H groups in total. The molecule has 0 bridgehead atoms. The zero-order valence-corrected chi connectivity index (χ0v) is 12.9. The molecule has 0 aliphatic rings. The van der Waals surface area contributed by atoms with Crippen molar-refractivity contribution in [2.75, 3.05) is 5.32 Å². The Morgan fingerprint density at radius 3 is 2.71 bits per heavy atom. The summed E-state index contributed by atoms with van der Waals surface area (Å²) in [6.45, 7) is 1.93. The van der Waals surface area contributed by atoms with Gasteiger partial charge in [0.2, 0.25) is 5.91 Å². The summed E-state index contributed by atoms with van der Waals surface area (Å²) in [4.78, 5) is 22.3. The summed E-state index contributed by atoms with van der Waals surface area (Å²) in [5, 5.41) is 13.5. The molecule has 1 amide bonds. The third kappa shape index (κ3) is 3.88. The number of hydrogen-bond acceptors (Lipinski definition) is 3. The Morgan fingerprint density at radius 1 is 1.29 bits per heavy atom. The number of nitrogens with one attached hydrogen (secondary N) is 1. The Hall–Kier alpha value is -2.21. The van der Waals surface area contributed by atoms with Crippen LogP contribution in [0.5, 0.6) is 0 Å². The Kier molecular flexibility index (Phi) is 4.70. The number of nitro benzene ring substituents is 1. The fourth-order valence-electron chi connectivity index (χ4n) is 1.90. The Balaban J connectivity index is 2.10. The number of carbonyl (C=O) groups is 1. The van der Waals surface area contributed by atoms with Crippen molar-refractivity contribution in [1.29, 1.82) is 0 Å². The van der Waals surface area contributed by atoms with E-state index < -0.39 is 4.92 Å². The molecular formula is C15H13BrN2O3. The van der Waals surface area contributed by atoms with Crippen molar-refractivity contribution in [2.45, 2.75) is 13.3 Å². The smallest absolute Gasteiger partial charge is 0.269 e. The minimum absolute atomic E-state index is 0.0166. The van der Waals surface area contributed by atoms with Crippen molar-refractivity contribution in [2.24, 2.45) is 0 Å². The van der Waals surface area contributed by atoms with Crippen LogP contribution in [0.15, 0.2) is 46.9 Å². The second kappa shape index (κ2) is 6.49. The number of nitrogens with zero attached hydrogens (tertiary/aromatic N) is 1. The molecule has 0 spiro atoms. The van der Waals surface area contributed by atoms with Crippen LogP contribution in [0.1, 0.15) is 11.1 Å². The van der Waals surface area contributed by atoms with Gasteiger partial charge < -0.3 is 5.32 Å². The average Bonchev–Trinajstić information content (AvgIpc) is 2.44. The van der Waals surface area contributed by atoms with E-state index in [1.807, 2.05) is 19.1 Å². The fourth-order valence-corrected chi connectivity index (χ4v) is 2.27. The molecule has 21 heavy (non-hydrogen) atoms. The van der Waals surface area contributed by atoms with Crippen molar-refractivity contribution in [3.05, 3.63) is 68.2 Å². The van der Waals surface area contributed by atoms with E-state index in [4.69, 9.17) is 0 Å². The summed E-state index contributed by atoms with van der Waals surface area (Å²) in [6.07, 6.45) is 0.0854. The van der Waals surface area contributed by atoms with Gasteiger partial charge in [-0.3, -0.25) is 14.9 Å². The van der Waals surface area contributed by atoms with Gasteiger partial charge in [0.15, 0.2) is 0 Å². The van der Waals surface area contributed by atoms with E-state index in [1.165, 1.54) is 12.1 Å². The lowest BCUT2D eigenvalue weighted by Gasteiger charge is -2.09. The second-order valence-electron chi connectivity index (χ2n) is 4.59. The van der Waals surface area contributed by atoms with Gasteiger partial charge in [0.25, 0.3) is 5.69 Å². The number of hydrogen-bond donors (Lipinski definition) is 1. The molecular weight excluding hydrogens is 336 g/mol. The van der Waals surface area contributed by atoms with Gasteiger partial charge in [-0.05, 0) is 40.0 Å². The highest BCUT2D eigenvalue weighted by Gasteiger charge is 2.10. The second-order valence-corrected chi connectivity index (χ2v) is 5.38. The molecule has 108 valence electrons. The third-order valence-electron chi connectivity index (χ3n) is 2.95. The molecule has 0 saturated heterocycles. The Labute approximate surface area is 130 Å². The van der Waals surface area contributed by atoms with E-state index in [9.17, 15) is 14.9 Å². The molecule has 0 aromatic heterocycles. The Bertz CT molecular complexity index is 701. The van der Waals surface area contributed by atoms with E-state index in [0.29, 0.717) is 11.3 Å². The predicted molar refractivity (Wildman–Crippen MR) is 84.3 cm³/mol. The van der Waals surface area contributed by atoms with Crippen LogP contribution in [0.4, 0.5) is 11.4 Å². The first-order valence-corrected chi connectivity index (χ1v) is 7.05. The third-order valence-corrected chi connectivity index (χ3v) is 4.00. The first kappa shape index (κ1) is 15.2. The number of nitro groups is 1. The maximum atomic E-state index is 12.0. The first-order valence-electron chi connectivity index (χ1n) is 6.25.